The molecule has 4 rings (SSSR count). The molecule has 27 heavy (non-hydrogen) atoms. The average Bonchev–Trinajstić information content (AvgIpc) is 3.36. The summed E-state index contributed by atoms with van der Waals surface area (Å²) < 4.78 is 8.97. The summed E-state index contributed by atoms with van der Waals surface area (Å²) in [5.41, 5.74) is 3.91. The highest BCUT2D eigenvalue weighted by Gasteiger charge is 2.08. The van der Waals surface area contributed by atoms with E-state index in [1.54, 1.807) is 29.9 Å². The molecule has 2 aromatic heterocycles. The van der Waals surface area contributed by atoms with Crippen molar-refractivity contribution in [2.24, 2.45) is 7.05 Å². The fourth-order valence-corrected chi connectivity index (χ4v) is 3.48. The van der Waals surface area contributed by atoms with Gasteiger partial charge in [0, 0.05) is 18.4 Å². The fourth-order valence-electron chi connectivity index (χ4n) is 2.64. The lowest BCUT2D eigenvalue weighted by Crippen LogP contribution is -1.96. The summed E-state index contributed by atoms with van der Waals surface area (Å²) in [6, 6.07) is 16.0. The van der Waals surface area contributed by atoms with Crippen LogP contribution in [0.1, 0.15) is 5.56 Å². The van der Waals surface area contributed by atoms with Crippen LogP contribution in [0.4, 0.5) is 0 Å². The minimum absolute atomic E-state index is 0.796. The number of hydrogen-bond donors (Lipinski definition) is 0. The second-order valence-electron chi connectivity index (χ2n) is 5.96. The smallest absolute Gasteiger partial charge is 0.191 e. The lowest BCUT2D eigenvalue weighted by Gasteiger charge is -2.05. The number of aromatic nitrogens is 6. The van der Waals surface area contributed by atoms with Gasteiger partial charge in [0.05, 0.1) is 19.0 Å². The molecule has 0 aliphatic heterocycles. The zero-order valence-corrected chi connectivity index (χ0v) is 15.8. The Morgan fingerprint density at radius 1 is 1.07 bits per heavy atom. The van der Waals surface area contributed by atoms with Crippen molar-refractivity contribution in [1.29, 1.82) is 0 Å². The molecule has 7 nitrogen and oxygen atoms in total. The molecule has 0 aliphatic rings. The highest BCUT2D eigenvalue weighted by molar-refractivity contribution is 7.98. The zero-order chi connectivity index (χ0) is 18.6. The first-order valence-electron chi connectivity index (χ1n) is 8.36. The van der Waals surface area contributed by atoms with Gasteiger partial charge in [-0.1, -0.05) is 41.2 Å². The standard InChI is InChI=1S/C19H18N6OS/c1-24-13-20-22-19(24)27-12-14-5-3-7-16(9-14)25-11-18(21-23-25)15-6-4-8-17(10-15)26-2/h3-11,13H,12H2,1-2H3. The molecule has 0 saturated heterocycles. The Morgan fingerprint density at radius 2 is 1.96 bits per heavy atom. The van der Waals surface area contributed by atoms with Crippen molar-refractivity contribution in [3.63, 3.8) is 0 Å². The highest BCUT2D eigenvalue weighted by atomic mass is 32.2. The molecule has 0 N–H and O–H groups in total. The second kappa shape index (κ2) is 7.63. The van der Waals surface area contributed by atoms with Crippen molar-refractivity contribution in [1.82, 2.24) is 29.8 Å². The molecule has 0 unspecified atom stereocenters. The maximum atomic E-state index is 5.28. The van der Waals surface area contributed by atoms with Gasteiger partial charge in [0.2, 0.25) is 0 Å². The maximum Gasteiger partial charge on any atom is 0.191 e. The number of benzene rings is 2. The minimum atomic E-state index is 0.796. The van der Waals surface area contributed by atoms with Gasteiger partial charge in [-0.2, -0.15) is 0 Å². The monoisotopic (exact) mass is 378 g/mol. The number of rotatable bonds is 6. The van der Waals surface area contributed by atoms with E-state index in [1.165, 1.54) is 5.56 Å². The normalized spacial score (nSPS) is 10.9. The molecular weight excluding hydrogens is 360 g/mol. The van der Waals surface area contributed by atoms with Crippen LogP contribution >= 0.6 is 11.8 Å². The Bertz CT molecular complexity index is 1060. The summed E-state index contributed by atoms with van der Waals surface area (Å²) >= 11 is 1.65. The van der Waals surface area contributed by atoms with Crippen LogP contribution in [0.15, 0.2) is 66.2 Å². The van der Waals surface area contributed by atoms with Gasteiger partial charge in [0.25, 0.3) is 0 Å². The first-order valence-corrected chi connectivity index (χ1v) is 9.34. The number of aryl methyl sites for hydroxylation is 1. The van der Waals surface area contributed by atoms with E-state index in [0.717, 1.165) is 33.6 Å². The third kappa shape index (κ3) is 3.85. The number of methoxy groups -OCH3 is 1. The summed E-state index contributed by atoms with van der Waals surface area (Å²) in [7, 11) is 3.59. The summed E-state index contributed by atoms with van der Waals surface area (Å²) in [4.78, 5) is 0. The van der Waals surface area contributed by atoms with Gasteiger partial charge >= 0.3 is 0 Å². The fraction of sp³-hybridized carbons (Fsp3) is 0.158. The molecule has 8 heteroatoms. The summed E-state index contributed by atoms with van der Waals surface area (Å²) in [5, 5.41) is 17.5. The molecule has 2 heterocycles. The first-order chi connectivity index (χ1) is 13.2. The van der Waals surface area contributed by atoms with Crippen LogP contribution in [0.5, 0.6) is 5.75 Å². The van der Waals surface area contributed by atoms with Gasteiger partial charge < -0.3 is 9.30 Å². The SMILES string of the molecule is COc1cccc(-c2cn(-c3cccc(CSc4nncn4C)c3)nn2)c1. The number of thioether (sulfide) groups is 1. The van der Waals surface area contributed by atoms with Crippen molar-refractivity contribution >= 4 is 11.8 Å². The van der Waals surface area contributed by atoms with Gasteiger partial charge in [-0.15, -0.1) is 15.3 Å². The third-order valence-corrected chi connectivity index (χ3v) is 5.18. The molecule has 0 amide bonds. The maximum absolute atomic E-state index is 5.28. The Morgan fingerprint density at radius 3 is 2.78 bits per heavy atom. The van der Waals surface area contributed by atoms with Crippen molar-refractivity contribution < 1.29 is 4.74 Å². The van der Waals surface area contributed by atoms with Gasteiger partial charge in [-0.3, -0.25) is 0 Å². The van der Waals surface area contributed by atoms with E-state index >= 15 is 0 Å². The van der Waals surface area contributed by atoms with E-state index in [1.807, 2.05) is 54.2 Å². The molecule has 0 bridgehead atoms. The van der Waals surface area contributed by atoms with Gasteiger partial charge in [-0.25, -0.2) is 4.68 Å². The summed E-state index contributed by atoms with van der Waals surface area (Å²) in [5.74, 6) is 1.60. The van der Waals surface area contributed by atoms with Crippen molar-refractivity contribution in [3.05, 3.63) is 66.6 Å². The molecule has 2 aromatic carbocycles. The van der Waals surface area contributed by atoms with E-state index < -0.39 is 0 Å². The predicted molar refractivity (Wildman–Crippen MR) is 104 cm³/mol. The van der Waals surface area contributed by atoms with Crippen LogP contribution < -0.4 is 4.74 Å². The van der Waals surface area contributed by atoms with Gasteiger partial charge in [0.1, 0.15) is 17.8 Å². The van der Waals surface area contributed by atoms with Crippen LogP contribution in [-0.4, -0.2) is 36.9 Å². The molecule has 0 atom stereocenters. The zero-order valence-electron chi connectivity index (χ0n) is 15.0. The van der Waals surface area contributed by atoms with Crippen LogP contribution in [0, 0.1) is 0 Å². The Balaban J connectivity index is 1.54. The van der Waals surface area contributed by atoms with E-state index in [9.17, 15) is 0 Å². The van der Waals surface area contributed by atoms with E-state index in [2.05, 4.69) is 32.6 Å². The largest absolute Gasteiger partial charge is 0.497 e. The Labute approximate surface area is 161 Å². The number of hydrogen-bond acceptors (Lipinski definition) is 6. The van der Waals surface area contributed by atoms with E-state index in [-0.39, 0.29) is 0 Å². The van der Waals surface area contributed by atoms with Crippen LogP contribution in [0.3, 0.4) is 0 Å². The first kappa shape index (κ1) is 17.3. The van der Waals surface area contributed by atoms with E-state index in [0.29, 0.717) is 0 Å². The van der Waals surface area contributed by atoms with Crippen molar-refractivity contribution in [3.8, 4) is 22.7 Å². The van der Waals surface area contributed by atoms with E-state index in [4.69, 9.17) is 4.74 Å². The Hall–Kier alpha value is -3.13. The molecule has 0 fully saturated rings. The topological polar surface area (TPSA) is 70.7 Å². The summed E-state index contributed by atoms with van der Waals surface area (Å²) in [6.45, 7) is 0. The minimum Gasteiger partial charge on any atom is -0.497 e. The molecule has 0 aliphatic carbocycles. The molecule has 4 aromatic rings. The van der Waals surface area contributed by atoms with Gasteiger partial charge in [0.15, 0.2) is 5.16 Å². The molecule has 0 saturated carbocycles. The van der Waals surface area contributed by atoms with Crippen molar-refractivity contribution in [2.75, 3.05) is 7.11 Å². The third-order valence-electron chi connectivity index (χ3n) is 4.07. The summed E-state index contributed by atoms with van der Waals surface area (Å²) in [6.07, 6.45) is 3.62. The molecule has 0 spiro atoms. The second-order valence-corrected chi connectivity index (χ2v) is 6.91. The Kier molecular flexibility index (Phi) is 4.88. The quantitative estimate of drug-likeness (QED) is 0.479. The lowest BCUT2D eigenvalue weighted by atomic mass is 10.1. The predicted octanol–water partition coefficient (Wildman–Crippen LogP) is 3.36. The number of ether oxygens (including phenoxy) is 1. The van der Waals surface area contributed by atoms with Gasteiger partial charge in [-0.05, 0) is 29.8 Å². The number of nitrogens with zero attached hydrogens (tertiary/aromatic N) is 6. The average molecular weight is 378 g/mol. The highest BCUT2D eigenvalue weighted by Crippen LogP contribution is 2.24. The van der Waals surface area contributed by atoms with Crippen LogP contribution in [-0.2, 0) is 12.8 Å². The lowest BCUT2D eigenvalue weighted by molar-refractivity contribution is 0.415. The molecular formula is C19H18N6OS. The van der Waals surface area contributed by atoms with Crippen LogP contribution in [0.2, 0.25) is 0 Å². The van der Waals surface area contributed by atoms with Crippen LogP contribution in [0.25, 0.3) is 16.9 Å². The molecule has 136 valence electrons. The van der Waals surface area contributed by atoms with Crippen molar-refractivity contribution in [2.45, 2.75) is 10.9 Å². The molecule has 0 radical (unpaired) electrons.